The van der Waals surface area contributed by atoms with Crippen LogP contribution >= 0.6 is 0 Å². The van der Waals surface area contributed by atoms with Gasteiger partial charge < -0.3 is 5.32 Å². The lowest BCUT2D eigenvalue weighted by molar-refractivity contribution is 0.0936. The van der Waals surface area contributed by atoms with E-state index < -0.39 is 6.04 Å². The number of aryl methyl sites for hydroxylation is 2. The Morgan fingerprint density at radius 2 is 1.83 bits per heavy atom. The minimum absolute atomic E-state index is 0.259. The summed E-state index contributed by atoms with van der Waals surface area (Å²) in [7, 11) is 0. The van der Waals surface area contributed by atoms with Crippen molar-refractivity contribution in [3.05, 3.63) is 77.1 Å². The number of aromatic nitrogens is 4. The lowest BCUT2D eigenvalue weighted by Gasteiger charge is -2.16. The first-order chi connectivity index (χ1) is 11.1. The van der Waals surface area contributed by atoms with Gasteiger partial charge in [0, 0.05) is 5.69 Å². The van der Waals surface area contributed by atoms with Crippen molar-refractivity contribution in [1.29, 1.82) is 0 Å². The standard InChI is InChI=1S/C17H17N5O/c1-11-7-6-10-14(18-11)17(23)20-15(13-8-4-3-5-9-13)16-19-12(2)21-22-16/h3-10,15H,1-2H3,(H,20,23)(H,19,21,22)/t15-/m0/s1. The molecule has 2 aromatic heterocycles. The second kappa shape index (κ2) is 6.39. The number of hydrogen-bond donors (Lipinski definition) is 2. The van der Waals surface area contributed by atoms with E-state index in [0.717, 1.165) is 11.3 Å². The third kappa shape index (κ3) is 3.42. The maximum Gasteiger partial charge on any atom is 0.270 e. The molecule has 1 amide bonds. The normalized spacial score (nSPS) is 11.9. The van der Waals surface area contributed by atoms with Crippen molar-refractivity contribution in [2.45, 2.75) is 19.9 Å². The molecule has 116 valence electrons. The molecule has 6 heteroatoms. The summed E-state index contributed by atoms with van der Waals surface area (Å²) in [6, 6.07) is 14.5. The average molecular weight is 307 g/mol. The van der Waals surface area contributed by atoms with Gasteiger partial charge in [-0.05, 0) is 31.5 Å². The predicted molar refractivity (Wildman–Crippen MR) is 85.8 cm³/mol. The summed E-state index contributed by atoms with van der Waals surface area (Å²) in [6.45, 7) is 3.67. The van der Waals surface area contributed by atoms with Gasteiger partial charge in [0.2, 0.25) is 0 Å². The van der Waals surface area contributed by atoms with Crippen LogP contribution in [-0.4, -0.2) is 26.1 Å². The second-order valence-electron chi connectivity index (χ2n) is 5.26. The van der Waals surface area contributed by atoms with Crippen LogP contribution in [0.3, 0.4) is 0 Å². The molecule has 0 radical (unpaired) electrons. The van der Waals surface area contributed by atoms with Crippen LogP contribution in [0.2, 0.25) is 0 Å². The van der Waals surface area contributed by atoms with Gasteiger partial charge in [-0.25, -0.2) is 9.97 Å². The molecule has 6 nitrogen and oxygen atoms in total. The largest absolute Gasteiger partial charge is 0.337 e. The van der Waals surface area contributed by atoms with Crippen molar-refractivity contribution in [2.24, 2.45) is 0 Å². The van der Waals surface area contributed by atoms with Gasteiger partial charge >= 0.3 is 0 Å². The first-order valence-electron chi connectivity index (χ1n) is 7.32. The van der Waals surface area contributed by atoms with Crippen LogP contribution in [-0.2, 0) is 0 Å². The maximum atomic E-state index is 12.5. The average Bonchev–Trinajstić information content (AvgIpc) is 2.99. The van der Waals surface area contributed by atoms with Gasteiger partial charge in [0.25, 0.3) is 5.91 Å². The molecule has 2 N–H and O–H groups in total. The van der Waals surface area contributed by atoms with Gasteiger partial charge in [-0.1, -0.05) is 36.4 Å². The Morgan fingerprint density at radius 3 is 2.48 bits per heavy atom. The van der Waals surface area contributed by atoms with E-state index in [-0.39, 0.29) is 5.91 Å². The lowest BCUT2D eigenvalue weighted by Crippen LogP contribution is -2.30. The number of nitrogens with one attached hydrogen (secondary N) is 2. The van der Waals surface area contributed by atoms with Crippen LogP contribution in [0.15, 0.2) is 48.5 Å². The SMILES string of the molecule is Cc1cccc(C(=O)N[C@@H](c2ccccc2)c2n[nH]c(C)n2)n1. The Labute approximate surface area is 134 Å². The van der Waals surface area contributed by atoms with E-state index in [1.807, 2.05) is 56.3 Å². The van der Waals surface area contributed by atoms with Crippen LogP contribution in [0, 0.1) is 13.8 Å². The molecule has 0 saturated heterocycles. The van der Waals surface area contributed by atoms with Crippen LogP contribution in [0.5, 0.6) is 0 Å². The molecule has 2 heterocycles. The van der Waals surface area contributed by atoms with E-state index in [1.165, 1.54) is 0 Å². The van der Waals surface area contributed by atoms with Crippen molar-refractivity contribution in [1.82, 2.24) is 25.5 Å². The summed E-state index contributed by atoms with van der Waals surface area (Å²) < 4.78 is 0. The first kappa shape index (κ1) is 14.9. The third-order valence-electron chi connectivity index (χ3n) is 3.40. The van der Waals surface area contributed by atoms with Crippen LogP contribution < -0.4 is 5.32 Å². The second-order valence-corrected chi connectivity index (χ2v) is 5.26. The number of pyridine rings is 1. The van der Waals surface area contributed by atoms with Gasteiger partial charge in [-0.3, -0.25) is 9.89 Å². The molecular weight excluding hydrogens is 290 g/mol. The predicted octanol–water partition coefficient (Wildman–Crippen LogP) is 2.34. The van der Waals surface area contributed by atoms with Crippen LogP contribution in [0.4, 0.5) is 0 Å². The number of amides is 1. The number of nitrogens with zero attached hydrogens (tertiary/aromatic N) is 3. The molecule has 23 heavy (non-hydrogen) atoms. The molecule has 0 saturated carbocycles. The van der Waals surface area contributed by atoms with Gasteiger partial charge in [-0.15, -0.1) is 0 Å². The van der Waals surface area contributed by atoms with Crippen LogP contribution in [0.25, 0.3) is 0 Å². The molecule has 3 aromatic rings. The minimum Gasteiger partial charge on any atom is -0.337 e. The highest BCUT2D eigenvalue weighted by molar-refractivity contribution is 5.92. The molecule has 0 unspecified atom stereocenters. The van der Waals surface area contributed by atoms with Gasteiger partial charge in [0.15, 0.2) is 5.82 Å². The fourth-order valence-electron chi connectivity index (χ4n) is 2.31. The van der Waals surface area contributed by atoms with E-state index >= 15 is 0 Å². The zero-order valence-corrected chi connectivity index (χ0v) is 12.9. The summed E-state index contributed by atoms with van der Waals surface area (Å²) in [5, 5.41) is 9.96. The molecule has 3 rings (SSSR count). The van der Waals surface area contributed by atoms with Crippen molar-refractivity contribution in [3.8, 4) is 0 Å². The minimum atomic E-state index is -0.434. The molecule has 0 bridgehead atoms. The molecule has 0 fully saturated rings. The number of aromatic amines is 1. The lowest BCUT2D eigenvalue weighted by atomic mass is 10.1. The summed E-state index contributed by atoms with van der Waals surface area (Å²) in [5.74, 6) is 0.962. The molecule has 1 atom stereocenters. The van der Waals surface area contributed by atoms with Gasteiger partial charge in [-0.2, -0.15) is 5.10 Å². The highest BCUT2D eigenvalue weighted by atomic mass is 16.1. The van der Waals surface area contributed by atoms with Crippen molar-refractivity contribution in [3.63, 3.8) is 0 Å². The summed E-state index contributed by atoms with van der Waals surface area (Å²) in [4.78, 5) is 21.1. The number of H-pyrrole nitrogens is 1. The zero-order chi connectivity index (χ0) is 16.2. The number of rotatable bonds is 4. The maximum absolute atomic E-state index is 12.5. The number of hydrogen-bond acceptors (Lipinski definition) is 4. The highest BCUT2D eigenvalue weighted by Crippen LogP contribution is 2.19. The monoisotopic (exact) mass is 307 g/mol. The third-order valence-corrected chi connectivity index (χ3v) is 3.40. The smallest absolute Gasteiger partial charge is 0.270 e. The van der Waals surface area contributed by atoms with Crippen LogP contribution in [0.1, 0.15) is 39.4 Å². The van der Waals surface area contributed by atoms with E-state index in [0.29, 0.717) is 17.3 Å². The van der Waals surface area contributed by atoms with Crippen molar-refractivity contribution in [2.75, 3.05) is 0 Å². The van der Waals surface area contributed by atoms with Crippen molar-refractivity contribution < 1.29 is 4.79 Å². The van der Waals surface area contributed by atoms with Gasteiger partial charge in [0.1, 0.15) is 17.6 Å². The highest BCUT2D eigenvalue weighted by Gasteiger charge is 2.22. The number of benzene rings is 1. The fraction of sp³-hybridized carbons (Fsp3) is 0.176. The Balaban J connectivity index is 1.92. The summed E-state index contributed by atoms with van der Waals surface area (Å²) >= 11 is 0. The van der Waals surface area contributed by atoms with E-state index in [9.17, 15) is 4.79 Å². The molecule has 0 aliphatic carbocycles. The van der Waals surface area contributed by atoms with Crippen molar-refractivity contribution >= 4 is 5.91 Å². The fourth-order valence-corrected chi connectivity index (χ4v) is 2.31. The Morgan fingerprint density at radius 1 is 1.04 bits per heavy atom. The number of carbonyl (C=O) groups excluding carboxylic acids is 1. The molecule has 0 aliphatic rings. The van der Waals surface area contributed by atoms with E-state index in [4.69, 9.17) is 0 Å². The first-order valence-corrected chi connectivity index (χ1v) is 7.32. The molecular formula is C17H17N5O. The van der Waals surface area contributed by atoms with E-state index in [1.54, 1.807) is 6.07 Å². The molecule has 1 aromatic carbocycles. The molecule has 0 aliphatic heterocycles. The molecule has 0 spiro atoms. The topological polar surface area (TPSA) is 83.6 Å². The Bertz CT molecular complexity index is 813. The Hall–Kier alpha value is -3.02. The summed E-state index contributed by atoms with van der Waals surface area (Å²) in [6.07, 6.45) is 0. The zero-order valence-electron chi connectivity index (χ0n) is 12.9. The quantitative estimate of drug-likeness (QED) is 0.775. The van der Waals surface area contributed by atoms with Gasteiger partial charge in [0.05, 0.1) is 0 Å². The number of carbonyl (C=O) groups is 1. The summed E-state index contributed by atoms with van der Waals surface area (Å²) in [5.41, 5.74) is 2.08. The Kier molecular flexibility index (Phi) is 4.14. The van der Waals surface area contributed by atoms with E-state index in [2.05, 4.69) is 25.5 Å².